The van der Waals surface area contributed by atoms with E-state index in [-0.39, 0.29) is 34.9 Å². The topological polar surface area (TPSA) is 124 Å². The number of methoxy groups -OCH3 is 1. The number of amides is 1. The molecule has 178 valence electrons. The highest BCUT2D eigenvalue weighted by Crippen LogP contribution is 2.53. The SMILES string of the molecule is CC[C@@H]1C(=O)N2CC(=Cc3cc(F)ccc3OC)C(=O)C12S(=O)(=O)c1ccc(Cl)c([N+](=O)[O-])c1. The van der Waals surface area contributed by atoms with Crippen molar-refractivity contribution < 1.29 is 32.1 Å². The third kappa shape index (κ3) is 3.14. The molecule has 2 aromatic carbocycles. The molecule has 2 atom stereocenters. The van der Waals surface area contributed by atoms with Gasteiger partial charge in [0.2, 0.25) is 26.4 Å². The number of β-lactam (4-membered cyclic amide) rings is 1. The molecule has 0 aromatic heterocycles. The lowest BCUT2D eigenvalue weighted by Gasteiger charge is -2.50. The first-order valence-corrected chi connectivity index (χ1v) is 12.0. The van der Waals surface area contributed by atoms with Crippen LogP contribution in [-0.4, -0.2) is 48.5 Å². The Labute approximate surface area is 198 Å². The monoisotopic (exact) mass is 508 g/mol. The number of nitro groups is 1. The first-order chi connectivity index (χ1) is 16.0. The summed E-state index contributed by atoms with van der Waals surface area (Å²) < 4.78 is 46.6. The number of carbonyl (C=O) groups excluding carboxylic acids is 2. The van der Waals surface area contributed by atoms with E-state index in [0.29, 0.717) is 0 Å². The minimum Gasteiger partial charge on any atom is -0.496 e. The number of nitrogens with zero attached hydrogens (tertiary/aromatic N) is 2. The van der Waals surface area contributed by atoms with E-state index in [0.717, 1.165) is 29.2 Å². The van der Waals surface area contributed by atoms with Crippen LogP contribution >= 0.6 is 11.6 Å². The third-order valence-corrected chi connectivity index (χ3v) is 8.85. The highest BCUT2D eigenvalue weighted by Gasteiger charge is 2.75. The number of ketones is 1. The van der Waals surface area contributed by atoms with Crippen LogP contribution < -0.4 is 4.74 Å². The third-order valence-electron chi connectivity index (χ3n) is 6.15. The van der Waals surface area contributed by atoms with Gasteiger partial charge in [0, 0.05) is 17.2 Å². The molecule has 2 heterocycles. The Morgan fingerprint density at radius 1 is 1.29 bits per heavy atom. The number of halogens is 2. The maximum atomic E-state index is 13.8. The lowest BCUT2D eigenvalue weighted by Crippen LogP contribution is -2.73. The van der Waals surface area contributed by atoms with Gasteiger partial charge < -0.3 is 9.64 Å². The minimum atomic E-state index is -4.62. The van der Waals surface area contributed by atoms with Gasteiger partial charge in [-0.2, -0.15) is 0 Å². The van der Waals surface area contributed by atoms with Crippen molar-refractivity contribution in [1.29, 1.82) is 0 Å². The van der Waals surface area contributed by atoms with E-state index in [9.17, 15) is 32.5 Å². The molecule has 2 aromatic rings. The van der Waals surface area contributed by atoms with E-state index in [2.05, 4.69) is 0 Å². The van der Waals surface area contributed by atoms with Gasteiger partial charge in [0.15, 0.2) is 0 Å². The number of hydrogen-bond acceptors (Lipinski definition) is 7. The van der Waals surface area contributed by atoms with E-state index >= 15 is 0 Å². The van der Waals surface area contributed by atoms with Crippen molar-refractivity contribution in [3.63, 3.8) is 0 Å². The molecule has 2 aliphatic rings. The second-order valence-electron chi connectivity index (χ2n) is 7.84. The summed E-state index contributed by atoms with van der Waals surface area (Å²) in [5, 5.41) is 11.0. The zero-order chi connectivity index (χ0) is 25.0. The first-order valence-electron chi connectivity index (χ1n) is 10.1. The molecule has 9 nitrogen and oxygen atoms in total. The fourth-order valence-electron chi connectivity index (χ4n) is 4.59. The number of rotatable bonds is 6. The van der Waals surface area contributed by atoms with Crippen molar-refractivity contribution in [3.8, 4) is 5.75 Å². The Morgan fingerprint density at radius 3 is 2.62 bits per heavy atom. The largest absolute Gasteiger partial charge is 0.496 e. The summed E-state index contributed by atoms with van der Waals surface area (Å²) in [7, 11) is -3.26. The molecule has 12 heteroatoms. The number of benzene rings is 2. The van der Waals surface area contributed by atoms with Crippen molar-refractivity contribution in [2.24, 2.45) is 5.92 Å². The van der Waals surface area contributed by atoms with Gasteiger partial charge >= 0.3 is 0 Å². The molecule has 34 heavy (non-hydrogen) atoms. The highest BCUT2D eigenvalue weighted by molar-refractivity contribution is 7.93. The summed E-state index contributed by atoms with van der Waals surface area (Å²) in [5.74, 6) is -2.90. The fraction of sp³-hybridized carbons (Fsp3) is 0.273. The zero-order valence-electron chi connectivity index (χ0n) is 17.9. The van der Waals surface area contributed by atoms with Crippen molar-refractivity contribution in [2.45, 2.75) is 23.1 Å². The smallest absolute Gasteiger partial charge is 0.289 e. The molecule has 1 amide bonds. The standard InChI is InChI=1S/C22H18ClFN2O7S/c1-3-16-21(28)25-11-13(8-12-9-14(24)4-7-19(12)33-2)20(27)22(16,25)34(31,32)15-5-6-17(23)18(10-15)26(29)30/h4-10,16H,3,11H2,1-2H3/t16-,22?/m1/s1. The van der Waals surface area contributed by atoms with Gasteiger partial charge in [-0.15, -0.1) is 0 Å². The van der Waals surface area contributed by atoms with Crippen LogP contribution in [0.2, 0.25) is 5.02 Å². The van der Waals surface area contributed by atoms with Gasteiger partial charge in [0.25, 0.3) is 5.69 Å². The molecule has 2 saturated heterocycles. The Bertz CT molecular complexity index is 1390. The average Bonchev–Trinajstić information content (AvgIpc) is 3.04. The summed E-state index contributed by atoms with van der Waals surface area (Å²) in [6, 6.07) is 6.55. The second-order valence-corrected chi connectivity index (χ2v) is 10.3. The Kier molecular flexibility index (Phi) is 5.73. The number of sulfone groups is 1. The molecule has 0 radical (unpaired) electrons. The molecule has 4 rings (SSSR count). The van der Waals surface area contributed by atoms with E-state index in [1.54, 1.807) is 6.92 Å². The molecule has 2 aliphatic heterocycles. The van der Waals surface area contributed by atoms with Crippen LogP contribution in [0.25, 0.3) is 6.08 Å². The molecule has 0 bridgehead atoms. The zero-order valence-corrected chi connectivity index (χ0v) is 19.5. The maximum absolute atomic E-state index is 13.8. The minimum absolute atomic E-state index is 0.0276. The van der Waals surface area contributed by atoms with Crippen LogP contribution in [0.5, 0.6) is 5.75 Å². The number of hydrogen-bond donors (Lipinski definition) is 0. The lowest BCUT2D eigenvalue weighted by molar-refractivity contribution is -0.384. The first kappa shape index (κ1) is 23.8. The Morgan fingerprint density at radius 2 is 2.00 bits per heavy atom. The molecular weight excluding hydrogens is 491 g/mol. The van der Waals surface area contributed by atoms with Crippen LogP contribution in [-0.2, 0) is 19.4 Å². The van der Waals surface area contributed by atoms with Crippen molar-refractivity contribution in [1.82, 2.24) is 4.90 Å². The fourth-order valence-corrected chi connectivity index (χ4v) is 7.11. The molecule has 0 saturated carbocycles. The van der Waals surface area contributed by atoms with Gasteiger partial charge in [-0.1, -0.05) is 18.5 Å². The summed E-state index contributed by atoms with van der Waals surface area (Å²) in [4.78, 5) is 35.1. The summed E-state index contributed by atoms with van der Waals surface area (Å²) in [6.45, 7) is 1.26. The van der Waals surface area contributed by atoms with Crippen LogP contribution in [0.15, 0.2) is 46.9 Å². The summed E-state index contributed by atoms with van der Waals surface area (Å²) in [5.41, 5.74) is -0.473. The highest BCUT2D eigenvalue weighted by atomic mass is 35.5. The van der Waals surface area contributed by atoms with E-state index < -0.39 is 53.6 Å². The van der Waals surface area contributed by atoms with E-state index in [1.165, 1.54) is 25.3 Å². The normalized spacial score (nSPS) is 23.1. The van der Waals surface area contributed by atoms with Crippen LogP contribution in [0, 0.1) is 21.8 Å². The number of carbonyl (C=O) groups is 2. The number of ether oxygens (including phenoxy) is 1. The second kappa shape index (κ2) is 8.17. The number of nitro benzene ring substituents is 1. The summed E-state index contributed by atoms with van der Waals surface area (Å²) >= 11 is 5.82. The van der Waals surface area contributed by atoms with Crippen molar-refractivity contribution in [3.05, 3.63) is 68.5 Å². The predicted molar refractivity (Wildman–Crippen MR) is 119 cm³/mol. The van der Waals surface area contributed by atoms with E-state index in [4.69, 9.17) is 16.3 Å². The van der Waals surface area contributed by atoms with Crippen LogP contribution in [0.3, 0.4) is 0 Å². The van der Waals surface area contributed by atoms with Crippen molar-refractivity contribution in [2.75, 3.05) is 13.7 Å². The van der Waals surface area contributed by atoms with Crippen LogP contribution in [0.1, 0.15) is 18.9 Å². The summed E-state index contributed by atoms with van der Waals surface area (Å²) in [6.07, 6.45) is 1.34. The van der Waals surface area contributed by atoms with Crippen molar-refractivity contribution >= 4 is 44.9 Å². The van der Waals surface area contributed by atoms with E-state index in [1.807, 2.05) is 0 Å². The molecule has 0 N–H and O–H groups in total. The van der Waals surface area contributed by atoms with Gasteiger partial charge in [-0.05, 0) is 42.8 Å². The average molecular weight is 509 g/mol. The van der Waals surface area contributed by atoms with Gasteiger partial charge in [-0.25, -0.2) is 12.8 Å². The molecule has 0 aliphatic carbocycles. The maximum Gasteiger partial charge on any atom is 0.289 e. The number of fused-ring (bicyclic) bond motifs is 1. The quantitative estimate of drug-likeness (QED) is 0.253. The molecule has 0 spiro atoms. The Balaban J connectivity index is 1.90. The predicted octanol–water partition coefficient (Wildman–Crippen LogP) is 3.40. The molecule has 1 unspecified atom stereocenters. The molecular formula is C22H18ClFN2O7S. The lowest BCUT2D eigenvalue weighted by atomic mass is 9.84. The van der Waals surface area contributed by atoms with Gasteiger partial charge in [0.1, 0.15) is 16.6 Å². The number of Topliss-reactive ketones (excluding diaryl/α,β-unsaturated/α-hetero) is 1. The Hall–Kier alpha value is -3.31. The van der Waals surface area contributed by atoms with Gasteiger partial charge in [-0.3, -0.25) is 19.7 Å². The van der Waals surface area contributed by atoms with Crippen LogP contribution in [0.4, 0.5) is 10.1 Å². The van der Waals surface area contributed by atoms with Gasteiger partial charge in [0.05, 0.1) is 29.4 Å². The molecule has 2 fully saturated rings.